The fourth-order valence-electron chi connectivity index (χ4n) is 2.32. The number of nitrogens with one attached hydrogen (secondary N) is 1. The molecule has 0 fully saturated rings. The predicted octanol–water partition coefficient (Wildman–Crippen LogP) is 4.01. The van der Waals surface area contributed by atoms with Gasteiger partial charge in [-0.2, -0.15) is 0 Å². The van der Waals surface area contributed by atoms with E-state index in [2.05, 4.69) is 36.5 Å². The molecule has 0 heterocycles. The van der Waals surface area contributed by atoms with Crippen molar-refractivity contribution in [1.29, 1.82) is 0 Å². The minimum absolute atomic E-state index is 0.102. The molecule has 0 aliphatic rings. The van der Waals surface area contributed by atoms with Crippen molar-refractivity contribution in [2.45, 2.75) is 26.3 Å². The zero-order chi connectivity index (χ0) is 13.8. The van der Waals surface area contributed by atoms with Gasteiger partial charge in [-0.3, -0.25) is 0 Å². The fraction of sp³-hybridized carbons (Fsp3) is 0.294. The Morgan fingerprint density at radius 3 is 2.21 bits per heavy atom. The van der Waals surface area contributed by atoms with Crippen molar-refractivity contribution < 1.29 is 4.39 Å². The monoisotopic (exact) mass is 257 g/mol. The molecule has 0 aliphatic heterocycles. The molecule has 0 aromatic heterocycles. The van der Waals surface area contributed by atoms with Crippen LogP contribution < -0.4 is 5.32 Å². The van der Waals surface area contributed by atoms with Crippen LogP contribution in [0.15, 0.2) is 42.5 Å². The van der Waals surface area contributed by atoms with E-state index < -0.39 is 0 Å². The van der Waals surface area contributed by atoms with Gasteiger partial charge in [0.2, 0.25) is 0 Å². The summed E-state index contributed by atoms with van der Waals surface area (Å²) in [6.45, 7) is 3.94. The Hall–Kier alpha value is -1.67. The lowest BCUT2D eigenvalue weighted by molar-refractivity contribution is 0.614. The molecule has 0 spiro atoms. The molecule has 1 nitrogen and oxygen atoms in total. The molecule has 1 atom stereocenters. The van der Waals surface area contributed by atoms with Crippen LogP contribution in [0.3, 0.4) is 0 Å². The summed E-state index contributed by atoms with van der Waals surface area (Å²) in [4.78, 5) is 0. The standard InChI is InChI=1S/C17H20FN/c1-4-13-5-7-14(8-6-13)17(19-3)15-9-10-16(18)12(2)11-15/h5-11,17,19H,4H2,1-3H3. The van der Waals surface area contributed by atoms with Gasteiger partial charge in [-0.15, -0.1) is 0 Å². The second kappa shape index (κ2) is 5.98. The maximum absolute atomic E-state index is 13.3. The number of aryl methyl sites for hydroxylation is 2. The number of halogens is 1. The van der Waals surface area contributed by atoms with Crippen molar-refractivity contribution in [3.05, 3.63) is 70.5 Å². The first-order chi connectivity index (χ1) is 9.15. The summed E-state index contributed by atoms with van der Waals surface area (Å²) in [6.07, 6.45) is 1.04. The maximum atomic E-state index is 13.3. The first-order valence-electron chi connectivity index (χ1n) is 6.68. The normalized spacial score (nSPS) is 12.4. The topological polar surface area (TPSA) is 12.0 Å². The molecule has 2 aromatic carbocycles. The highest BCUT2D eigenvalue weighted by atomic mass is 19.1. The van der Waals surface area contributed by atoms with Crippen LogP contribution >= 0.6 is 0 Å². The Morgan fingerprint density at radius 1 is 1.05 bits per heavy atom. The average molecular weight is 257 g/mol. The molecule has 0 amide bonds. The van der Waals surface area contributed by atoms with Crippen molar-refractivity contribution in [1.82, 2.24) is 5.32 Å². The van der Waals surface area contributed by atoms with Crippen molar-refractivity contribution in [3.8, 4) is 0 Å². The van der Waals surface area contributed by atoms with Gasteiger partial charge in [-0.05, 0) is 48.7 Å². The number of benzene rings is 2. The summed E-state index contributed by atoms with van der Waals surface area (Å²) in [6, 6.07) is 14.0. The zero-order valence-corrected chi connectivity index (χ0v) is 11.7. The summed E-state index contributed by atoms with van der Waals surface area (Å²) in [5.74, 6) is -0.153. The van der Waals surface area contributed by atoms with Gasteiger partial charge in [-0.25, -0.2) is 4.39 Å². The lowest BCUT2D eigenvalue weighted by Gasteiger charge is -2.18. The highest BCUT2D eigenvalue weighted by Gasteiger charge is 2.12. The summed E-state index contributed by atoms with van der Waals surface area (Å²) in [5, 5.41) is 3.30. The number of rotatable bonds is 4. The third-order valence-corrected chi connectivity index (χ3v) is 3.53. The Labute approximate surface area is 114 Å². The van der Waals surface area contributed by atoms with Crippen molar-refractivity contribution in [3.63, 3.8) is 0 Å². The minimum atomic E-state index is -0.153. The summed E-state index contributed by atoms with van der Waals surface area (Å²) in [5.41, 5.74) is 4.30. The molecular formula is C17H20FN. The summed E-state index contributed by atoms with van der Waals surface area (Å²) >= 11 is 0. The Bertz CT molecular complexity index is 546. The summed E-state index contributed by atoms with van der Waals surface area (Å²) in [7, 11) is 1.93. The van der Waals surface area contributed by atoms with E-state index in [1.54, 1.807) is 6.92 Å². The van der Waals surface area contributed by atoms with Crippen LogP contribution in [0.2, 0.25) is 0 Å². The smallest absolute Gasteiger partial charge is 0.126 e. The van der Waals surface area contributed by atoms with Crippen LogP contribution in [0.25, 0.3) is 0 Å². The number of hydrogen-bond acceptors (Lipinski definition) is 1. The lowest BCUT2D eigenvalue weighted by Crippen LogP contribution is -2.17. The van der Waals surface area contributed by atoms with Gasteiger partial charge >= 0.3 is 0 Å². The van der Waals surface area contributed by atoms with Gasteiger partial charge in [0.25, 0.3) is 0 Å². The zero-order valence-electron chi connectivity index (χ0n) is 11.7. The molecule has 1 unspecified atom stereocenters. The molecule has 1 N–H and O–H groups in total. The molecule has 100 valence electrons. The van der Waals surface area contributed by atoms with Gasteiger partial charge < -0.3 is 5.32 Å². The molecule has 0 saturated heterocycles. The van der Waals surface area contributed by atoms with Crippen molar-refractivity contribution in [2.24, 2.45) is 0 Å². The predicted molar refractivity (Wildman–Crippen MR) is 77.9 cm³/mol. The van der Waals surface area contributed by atoms with Gasteiger partial charge in [0.1, 0.15) is 5.82 Å². The highest BCUT2D eigenvalue weighted by Crippen LogP contribution is 2.24. The van der Waals surface area contributed by atoms with Crippen LogP contribution in [-0.4, -0.2) is 7.05 Å². The average Bonchev–Trinajstić information content (AvgIpc) is 2.44. The third kappa shape index (κ3) is 3.02. The quantitative estimate of drug-likeness (QED) is 0.872. The van der Waals surface area contributed by atoms with Crippen molar-refractivity contribution in [2.75, 3.05) is 7.05 Å². The second-order valence-electron chi connectivity index (χ2n) is 4.83. The largest absolute Gasteiger partial charge is 0.309 e. The van der Waals surface area contributed by atoms with E-state index in [0.29, 0.717) is 5.56 Å². The molecule has 2 aromatic rings. The van der Waals surface area contributed by atoms with Crippen LogP contribution in [0.1, 0.15) is 35.2 Å². The van der Waals surface area contributed by atoms with Gasteiger partial charge in [-0.1, -0.05) is 43.3 Å². The first kappa shape index (κ1) is 13.8. The Kier molecular flexibility index (Phi) is 4.33. The maximum Gasteiger partial charge on any atom is 0.126 e. The van der Waals surface area contributed by atoms with E-state index in [-0.39, 0.29) is 11.9 Å². The van der Waals surface area contributed by atoms with E-state index >= 15 is 0 Å². The van der Waals surface area contributed by atoms with E-state index in [4.69, 9.17) is 0 Å². The molecule has 2 rings (SSSR count). The molecule has 19 heavy (non-hydrogen) atoms. The molecular weight excluding hydrogens is 237 g/mol. The van der Waals surface area contributed by atoms with Crippen LogP contribution in [0.5, 0.6) is 0 Å². The molecule has 0 saturated carbocycles. The van der Waals surface area contributed by atoms with Crippen LogP contribution in [0.4, 0.5) is 4.39 Å². The molecule has 0 aliphatic carbocycles. The first-order valence-corrected chi connectivity index (χ1v) is 6.68. The Balaban J connectivity index is 2.34. The number of hydrogen-bond donors (Lipinski definition) is 1. The van der Waals surface area contributed by atoms with Gasteiger partial charge in [0.15, 0.2) is 0 Å². The lowest BCUT2D eigenvalue weighted by atomic mass is 9.96. The molecule has 0 bridgehead atoms. The molecule has 2 heteroatoms. The molecule has 0 radical (unpaired) electrons. The fourth-order valence-corrected chi connectivity index (χ4v) is 2.32. The van der Waals surface area contributed by atoms with Gasteiger partial charge in [0, 0.05) is 0 Å². The van der Waals surface area contributed by atoms with E-state index in [0.717, 1.165) is 12.0 Å². The SMILES string of the molecule is CCc1ccc(C(NC)c2ccc(F)c(C)c2)cc1. The Morgan fingerprint density at radius 2 is 1.68 bits per heavy atom. The second-order valence-corrected chi connectivity index (χ2v) is 4.83. The van der Waals surface area contributed by atoms with E-state index in [1.807, 2.05) is 19.2 Å². The van der Waals surface area contributed by atoms with Gasteiger partial charge in [0.05, 0.1) is 6.04 Å². The van der Waals surface area contributed by atoms with Crippen molar-refractivity contribution >= 4 is 0 Å². The highest BCUT2D eigenvalue weighted by molar-refractivity contribution is 5.35. The van der Waals surface area contributed by atoms with Crippen LogP contribution in [0, 0.1) is 12.7 Å². The van der Waals surface area contributed by atoms with E-state index in [1.165, 1.54) is 17.2 Å². The van der Waals surface area contributed by atoms with E-state index in [9.17, 15) is 4.39 Å². The summed E-state index contributed by atoms with van der Waals surface area (Å²) < 4.78 is 13.3. The third-order valence-electron chi connectivity index (χ3n) is 3.53. The minimum Gasteiger partial charge on any atom is -0.309 e. The van der Waals surface area contributed by atoms with Crippen LogP contribution in [-0.2, 0) is 6.42 Å².